The van der Waals surface area contributed by atoms with Crippen molar-refractivity contribution < 1.29 is 4.39 Å². The predicted octanol–water partition coefficient (Wildman–Crippen LogP) is 2.25. The monoisotopic (exact) mass is 159 g/mol. The smallest absolute Gasteiger partial charge is 0.120 e. The van der Waals surface area contributed by atoms with Crippen LogP contribution in [0, 0.1) is 5.92 Å². The van der Waals surface area contributed by atoms with Gasteiger partial charge in [-0.05, 0) is 32.6 Å². The first-order valence-corrected chi connectivity index (χ1v) is 4.45. The summed E-state index contributed by atoms with van der Waals surface area (Å²) in [6.07, 6.45) is 3.61. The molecule has 0 aromatic heterocycles. The van der Waals surface area contributed by atoms with Gasteiger partial charge in [-0.15, -0.1) is 0 Å². The van der Waals surface area contributed by atoms with Crippen molar-refractivity contribution in [3.63, 3.8) is 0 Å². The standard InChI is InChI=1S/C9H18FN/c1-9(2,11)8(10)7-5-3-4-6-7/h7-8H,3-6,11H2,1-2H3. The van der Waals surface area contributed by atoms with Crippen LogP contribution in [0.1, 0.15) is 39.5 Å². The van der Waals surface area contributed by atoms with Gasteiger partial charge in [-0.25, -0.2) is 4.39 Å². The summed E-state index contributed by atoms with van der Waals surface area (Å²) < 4.78 is 13.5. The van der Waals surface area contributed by atoms with E-state index in [-0.39, 0.29) is 5.92 Å². The SMILES string of the molecule is CC(C)(N)C(F)C1CCCC1. The molecule has 0 saturated heterocycles. The van der Waals surface area contributed by atoms with Crippen molar-refractivity contribution in [1.29, 1.82) is 0 Å². The average Bonchev–Trinajstić information content (AvgIpc) is 2.34. The minimum absolute atomic E-state index is 0.231. The third-order valence-corrected chi connectivity index (χ3v) is 2.52. The summed E-state index contributed by atoms with van der Waals surface area (Å²) in [6.45, 7) is 3.55. The maximum absolute atomic E-state index is 13.5. The Kier molecular flexibility index (Phi) is 2.53. The van der Waals surface area contributed by atoms with E-state index in [1.54, 1.807) is 13.8 Å². The topological polar surface area (TPSA) is 26.0 Å². The molecule has 0 radical (unpaired) electrons. The molecule has 1 fully saturated rings. The van der Waals surface area contributed by atoms with Gasteiger partial charge in [0.05, 0.1) is 0 Å². The van der Waals surface area contributed by atoms with Gasteiger partial charge in [-0.1, -0.05) is 12.8 Å². The van der Waals surface area contributed by atoms with Crippen LogP contribution >= 0.6 is 0 Å². The molecule has 0 spiro atoms. The summed E-state index contributed by atoms with van der Waals surface area (Å²) in [5, 5.41) is 0. The molecule has 2 N–H and O–H groups in total. The van der Waals surface area contributed by atoms with Gasteiger partial charge >= 0.3 is 0 Å². The van der Waals surface area contributed by atoms with Crippen molar-refractivity contribution >= 4 is 0 Å². The predicted molar refractivity (Wildman–Crippen MR) is 45.1 cm³/mol. The van der Waals surface area contributed by atoms with Crippen LogP contribution in [0.4, 0.5) is 4.39 Å². The highest BCUT2D eigenvalue weighted by Crippen LogP contribution is 2.33. The highest BCUT2D eigenvalue weighted by atomic mass is 19.1. The molecule has 0 aromatic carbocycles. The number of halogens is 1. The molecular weight excluding hydrogens is 141 g/mol. The average molecular weight is 159 g/mol. The zero-order valence-electron chi connectivity index (χ0n) is 7.44. The Morgan fingerprint density at radius 1 is 1.36 bits per heavy atom. The van der Waals surface area contributed by atoms with Gasteiger partial charge in [0.2, 0.25) is 0 Å². The van der Waals surface area contributed by atoms with Crippen molar-refractivity contribution in [3.8, 4) is 0 Å². The van der Waals surface area contributed by atoms with E-state index in [0.29, 0.717) is 0 Å². The van der Waals surface area contributed by atoms with Crippen molar-refractivity contribution in [3.05, 3.63) is 0 Å². The number of hydrogen-bond donors (Lipinski definition) is 1. The molecule has 0 heterocycles. The normalized spacial score (nSPS) is 24.0. The molecule has 11 heavy (non-hydrogen) atoms. The lowest BCUT2D eigenvalue weighted by Gasteiger charge is -2.28. The third kappa shape index (κ3) is 2.16. The van der Waals surface area contributed by atoms with Crippen molar-refractivity contribution in [2.45, 2.75) is 51.2 Å². The number of rotatable bonds is 2. The minimum Gasteiger partial charge on any atom is -0.323 e. The van der Waals surface area contributed by atoms with E-state index in [1.807, 2.05) is 0 Å². The van der Waals surface area contributed by atoms with Crippen LogP contribution in [0.2, 0.25) is 0 Å². The van der Waals surface area contributed by atoms with E-state index in [0.717, 1.165) is 12.8 Å². The van der Waals surface area contributed by atoms with Crippen LogP contribution in [-0.4, -0.2) is 11.7 Å². The van der Waals surface area contributed by atoms with E-state index in [4.69, 9.17) is 5.73 Å². The molecule has 1 unspecified atom stereocenters. The molecule has 1 nitrogen and oxygen atoms in total. The molecule has 1 rings (SSSR count). The summed E-state index contributed by atoms with van der Waals surface area (Å²) in [5.74, 6) is 0.231. The van der Waals surface area contributed by atoms with E-state index >= 15 is 0 Å². The number of alkyl halides is 1. The summed E-state index contributed by atoms with van der Waals surface area (Å²) in [7, 11) is 0. The third-order valence-electron chi connectivity index (χ3n) is 2.52. The van der Waals surface area contributed by atoms with E-state index in [1.165, 1.54) is 12.8 Å². The molecule has 0 amide bonds. The van der Waals surface area contributed by atoms with Gasteiger partial charge < -0.3 is 5.73 Å². The summed E-state index contributed by atoms with van der Waals surface area (Å²) >= 11 is 0. The van der Waals surface area contributed by atoms with Crippen LogP contribution in [0.3, 0.4) is 0 Å². The first kappa shape index (κ1) is 8.98. The Morgan fingerprint density at radius 3 is 2.18 bits per heavy atom. The Labute approximate surface area is 68.2 Å². The molecule has 2 heteroatoms. The van der Waals surface area contributed by atoms with E-state index in [9.17, 15) is 4.39 Å². The van der Waals surface area contributed by atoms with Crippen LogP contribution in [0.25, 0.3) is 0 Å². The Hall–Kier alpha value is -0.110. The zero-order valence-corrected chi connectivity index (χ0v) is 7.44. The number of nitrogens with two attached hydrogens (primary N) is 1. The Balaban J connectivity index is 2.46. The molecule has 0 aromatic rings. The second-order valence-electron chi connectivity index (χ2n) is 4.27. The maximum atomic E-state index is 13.5. The summed E-state index contributed by atoms with van der Waals surface area (Å²) in [5.41, 5.74) is 5.04. The van der Waals surface area contributed by atoms with Crippen molar-refractivity contribution in [2.24, 2.45) is 11.7 Å². The molecule has 1 aliphatic rings. The largest absolute Gasteiger partial charge is 0.323 e. The lowest BCUT2D eigenvalue weighted by Crippen LogP contribution is -2.45. The number of hydrogen-bond acceptors (Lipinski definition) is 1. The minimum atomic E-state index is -0.815. The molecule has 66 valence electrons. The van der Waals surface area contributed by atoms with Gasteiger partial charge in [0.25, 0.3) is 0 Å². The summed E-state index contributed by atoms with van der Waals surface area (Å²) in [6, 6.07) is 0. The molecule has 0 aliphatic heterocycles. The Morgan fingerprint density at radius 2 is 1.82 bits per heavy atom. The van der Waals surface area contributed by atoms with Gasteiger partial charge in [0.15, 0.2) is 0 Å². The fourth-order valence-corrected chi connectivity index (χ4v) is 1.86. The molecule has 1 aliphatic carbocycles. The fraction of sp³-hybridized carbons (Fsp3) is 1.00. The van der Waals surface area contributed by atoms with Crippen molar-refractivity contribution in [2.75, 3.05) is 0 Å². The quantitative estimate of drug-likeness (QED) is 0.657. The highest BCUT2D eigenvalue weighted by molar-refractivity contribution is 4.89. The second-order valence-corrected chi connectivity index (χ2v) is 4.27. The highest BCUT2D eigenvalue weighted by Gasteiger charge is 2.34. The molecule has 1 saturated carbocycles. The van der Waals surface area contributed by atoms with Crippen molar-refractivity contribution in [1.82, 2.24) is 0 Å². The maximum Gasteiger partial charge on any atom is 0.120 e. The van der Waals surface area contributed by atoms with E-state index in [2.05, 4.69) is 0 Å². The van der Waals surface area contributed by atoms with Gasteiger partial charge in [-0.2, -0.15) is 0 Å². The van der Waals surface area contributed by atoms with Gasteiger partial charge in [0.1, 0.15) is 6.17 Å². The molecule has 0 bridgehead atoms. The zero-order chi connectivity index (χ0) is 8.48. The first-order chi connectivity index (χ1) is 5.02. The molecule has 1 atom stereocenters. The second kappa shape index (κ2) is 3.10. The van der Waals surface area contributed by atoms with Crippen LogP contribution < -0.4 is 5.73 Å². The van der Waals surface area contributed by atoms with Crippen LogP contribution in [-0.2, 0) is 0 Å². The van der Waals surface area contributed by atoms with E-state index < -0.39 is 11.7 Å². The lowest BCUT2D eigenvalue weighted by atomic mass is 9.88. The first-order valence-electron chi connectivity index (χ1n) is 4.45. The van der Waals surface area contributed by atoms with Crippen LogP contribution in [0.5, 0.6) is 0 Å². The van der Waals surface area contributed by atoms with Crippen LogP contribution in [0.15, 0.2) is 0 Å². The fourth-order valence-electron chi connectivity index (χ4n) is 1.86. The lowest BCUT2D eigenvalue weighted by molar-refractivity contribution is 0.146. The summed E-state index contributed by atoms with van der Waals surface area (Å²) in [4.78, 5) is 0. The van der Waals surface area contributed by atoms with Gasteiger partial charge in [-0.3, -0.25) is 0 Å². The van der Waals surface area contributed by atoms with Gasteiger partial charge in [0, 0.05) is 5.54 Å². The Bertz CT molecular complexity index is 122. The molecular formula is C9H18FN.